The first-order chi connectivity index (χ1) is 9.25. The fraction of sp³-hybridized carbons (Fsp3) is 0.733. The zero-order valence-corrected chi connectivity index (χ0v) is 11.6. The largest absolute Gasteiger partial charge is 0.311 e. The van der Waals surface area contributed by atoms with Crippen molar-refractivity contribution in [2.24, 2.45) is 11.8 Å². The van der Waals surface area contributed by atoms with Crippen molar-refractivity contribution in [1.82, 2.24) is 9.78 Å². The quantitative estimate of drug-likeness (QED) is 0.903. The number of nitrogens with zero attached hydrogens (tertiary/aromatic N) is 2. The average Bonchev–Trinajstić information content (AvgIpc) is 3.19. The first-order valence-electron chi connectivity index (χ1n) is 7.60. The van der Waals surface area contributed by atoms with E-state index in [1.807, 2.05) is 10.7 Å². The van der Waals surface area contributed by atoms with E-state index in [4.69, 9.17) is 0 Å². The Hall–Kier alpha value is -1.32. The predicted molar refractivity (Wildman–Crippen MR) is 74.9 cm³/mol. The molecule has 1 amide bonds. The highest BCUT2D eigenvalue weighted by molar-refractivity contribution is 5.91. The molecule has 0 aromatic carbocycles. The van der Waals surface area contributed by atoms with Crippen LogP contribution >= 0.6 is 0 Å². The molecule has 1 aromatic rings. The van der Waals surface area contributed by atoms with Crippen molar-refractivity contribution in [3.05, 3.63) is 12.3 Å². The van der Waals surface area contributed by atoms with Gasteiger partial charge in [0.2, 0.25) is 5.91 Å². The first kappa shape index (κ1) is 12.7. The van der Waals surface area contributed by atoms with Gasteiger partial charge in [0, 0.05) is 12.0 Å². The van der Waals surface area contributed by atoms with Gasteiger partial charge in [0.25, 0.3) is 0 Å². The Labute approximate surface area is 114 Å². The normalized spacial score (nSPS) is 22.2. The number of hydrogen-bond acceptors (Lipinski definition) is 2. The second kappa shape index (κ2) is 5.35. The number of hydrogen-bond donors (Lipinski definition) is 1. The van der Waals surface area contributed by atoms with Crippen LogP contribution in [0.1, 0.15) is 57.9 Å². The van der Waals surface area contributed by atoms with Crippen LogP contribution in [0, 0.1) is 11.8 Å². The summed E-state index contributed by atoms with van der Waals surface area (Å²) < 4.78 is 1.98. The number of rotatable bonds is 4. The van der Waals surface area contributed by atoms with Crippen molar-refractivity contribution in [3.63, 3.8) is 0 Å². The van der Waals surface area contributed by atoms with Crippen LogP contribution in [-0.4, -0.2) is 15.7 Å². The lowest BCUT2D eigenvalue weighted by Crippen LogP contribution is -2.26. The Balaban J connectivity index is 1.65. The molecule has 2 aliphatic carbocycles. The molecule has 19 heavy (non-hydrogen) atoms. The van der Waals surface area contributed by atoms with E-state index in [0.29, 0.717) is 6.04 Å². The highest BCUT2D eigenvalue weighted by Crippen LogP contribution is 2.40. The van der Waals surface area contributed by atoms with Crippen LogP contribution in [0.25, 0.3) is 0 Å². The molecule has 0 spiro atoms. The topological polar surface area (TPSA) is 46.9 Å². The predicted octanol–water partition coefficient (Wildman–Crippen LogP) is 3.37. The lowest BCUT2D eigenvalue weighted by molar-refractivity contribution is -0.120. The number of nitrogens with one attached hydrogen (secondary N) is 1. The van der Waals surface area contributed by atoms with Gasteiger partial charge in [-0.2, -0.15) is 5.10 Å². The maximum absolute atomic E-state index is 12.3. The molecule has 0 radical (unpaired) electrons. The van der Waals surface area contributed by atoms with Crippen molar-refractivity contribution in [3.8, 4) is 0 Å². The Kier molecular flexibility index (Phi) is 3.58. The van der Waals surface area contributed by atoms with Gasteiger partial charge in [-0.1, -0.05) is 19.3 Å². The van der Waals surface area contributed by atoms with Crippen molar-refractivity contribution in [2.75, 3.05) is 5.32 Å². The van der Waals surface area contributed by atoms with Crippen LogP contribution in [0.4, 0.5) is 5.82 Å². The van der Waals surface area contributed by atoms with E-state index in [0.717, 1.165) is 24.6 Å². The molecule has 1 heterocycles. The van der Waals surface area contributed by atoms with Gasteiger partial charge in [0.05, 0.1) is 12.2 Å². The molecule has 3 rings (SSSR count). The van der Waals surface area contributed by atoms with Crippen LogP contribution in [0.3, 0.4) is 0 Å². The standard InChI is InChI=1S/C15H23N3O/c1-11(12-7-8-12)18-14(9-10-16-18)17-15(19)13-5-3-2-4-6-13/h9-13H,2-8H2,1H3,(H,17,19). The number of carbonyl (C=O) groups is 1. The first-order valence-corrected chi connectivity index (χ1v) is 7.60. The summed E-state index contributed by atoms with van der Waals surface area (Å²) in [6, 6.07) is 2.32. The van der Waals surface area contributed by atoms with Gasteiger partial charge in [0.1, 0.15) is 5.82 Å². The minimum absolute atomic E-state index is 0.185. The van der Waals surface area contributed by atoms with Crippen molar-refractivity contribution in [2.45, 2.75) is 57.9 Å². The zero-order chi connectivity index (χ0) is 13.2. The van der Waals surface area contributed by atoms with Crippen LogP contribution < -0.4 is 5.32 Å². The second-order valence-electron chi connectivity index (χ2n) is 6.06. The van der Waals surface area contributed by atoms with E-state index in [1.165, 1.54) is 32.1 Å². The molecular weight excluding hydrogens is 238 g/mol. The molecule has 0 bridgehead atoms. The highest BCUT2D eigenvalue weighted by Gasteiger charge is 2.31. The summed E-state index contributed by atoms with van der Waals surface area (Å²) in [5.41, 5.74) is 0. The summed E-state index contributed by atoms with van der Waals surface area (Å²) in [6.07, 6.45) is 10.1. The van der Waals surface area contributed by atoms with E-state index in [-0.39, 0.29) is 11.8 Å². The van der Waals surface area contributed by atoms with Crippen LogP contribution in [0.5, 0.6) is 0 Å². The van der Waals surface area contributed by atoms with E-state index in [1.54, 1.807) is 6.20 Å². The molecule has 1 unspecified atom stereocenters. The molecule has 0 saturated heterocycles. The lowest BCUT2D eigenvalue weighted by Gasteiger charge is -2.22. The van der Waals surface area contributed by atoms with E-state index >= 15 is 0 Å². The fourth-order valence-electron chi connectivity index (χ4n) is 3.11. The summed E-state index contributed by atoms with van der Waals surface area (Å²) in [6.45, 7) is 2.20. The van der Waals surface area contributed by atoms with Crippen molar-refractivity contribution < 1.29 is 4.79 Å². The third-order valence-corrected chi connectivity index (χ3v) is 4.59. The van der Waals surface area contributed by atoms with Crippen LogP contribution in [0.2, 0.25) is 0 Å². The van der Waals surface area contributed by atoms with Crippen LogP contribution in [0.15, 0.2) is 12.3 Å². The molecule has 0 aliphatic heterocycles. The SMILES string of the molecule is CC(C1CC1)n1nccc1NC(=O)C1CCCCC1. The van der Waals surface area contributed by atoms with Gasteiger partial charge < -0.3 is 5.32 Å². The fourth-order valence-corrected chi connectivity index (χ4v) is 3.11. The summed E-state index contributed by atoms with van der Waals surface area (Å²) in [7, 11) is 0. The minimum Gasteiger partial charge on any atom is -0.311 e. The Morgan fingerprint density at radius 2 is 2.05 bits per heavy atom. The maximum Gasteiger partial charge on any atom is 0.228 e. The third kappa shape index (κ3) is 2.82. The molecule has 2 saturated carbocycles. The molecule has 2 fully saturated rings. The van der Waals surface area contributed by atoms with Gasteiger partial charge in [-0.3, -0.25) is 4.79 Å². The maximum atomic E-state index is 12.3. The number of aromatic nitrogens is 2. The summed E-state index contributed by atoms with van der Waals surface area (Å²) in [4.78, 5) is 12.3. The third-order valence-electron chi connectivity index (χ3n) is 4.59. The molecule has 1 N–H and O–H groups in total. The Bertz CT molecular complexity index is 444. The van der Waals surface area contributed by atoms with E-state index in [2.05, 4.69) is 17.3 Å². The average molecular weight is 261 g/mol. The number of anilines is 1. The second-order valence-corrected chi connectivity index (χ2v) is 6.06. The smallest absolute Gasteiger partial charge is 0.228 e. The van der Waals surface area contributed by atoms with E-state index < -0.39 is 0 Å². The molecule has 1 aromatic heterocycles. The zero-order valence-electron chi connectivity index (χ0n) is 11.6. The molecular formula is C15H23N3O. The minimum atomic E-state index is 0.185. The van der Waals surface area contributed by atoms with Crippen molar-refractivity contribution in [1.29, 1.82) is 0 Å². The number of carbonyl (C=O) groups excluding carboxylic acids is 1. The van der Waals surface area contributed by atoms with Gasteiger partial charge in [-0.05, 0) is 38.5 Å². The Morgan fingerprint density at radius 1 is 1.32 bits per heavy atom. The molecule has 2 aliphatic rings. The highest BCUT2D eigenvalue weighted by atomic mass is 16.2. The molecule has 4 nitrogen and oxygen atoms in total. The molecule has 1 atom stereocenters. The molecule has 4 heteroatoms. The monoisotopic (exact) mass is 261 g/mol. The summed E-state index contributed by atoms with van der Waals surface area (Å²) in [5, 5.41) is 7.46. The summed E-state index contributed by atoms with van der Waals surface area (Å²) >= 11 is 0. The van der Waals surface area contributed by atoms with Gasteiger partial charge in [-0.15, -0.1) is 0 Å². The van der Waals surface area contributed by atoms with Crippen LogP contribution in [-0.2, 0) is 4.79 Å². The molecule has 104 valence electrons. The Morgan fingerprint density at radius 3 is 2.74 bits per heavy atom. The lowest BCUT2D eigenvalue weighted by atomic mass is 9.89. The summed E-state index contributed by atoms with van der Waals surface area (Å²) in [5.74, 6) is 2.00. The van der Waals surface area contributed by atoms with Gasteiger partial charge >= 0.3 is 0 Å². The van der Waals surface area contributed by atoms with Gasteiger partial charge in [0.15, 0.2) is 0 Å². The van der Waals surface area contributed by atoms with Gasteiger partial charge in [-0.25, -0.2) is 4.68 Å². The van der Waals surface area contributed by atoms with Crippen molar-refractivity contribution >= 4 is 11.7 Å². The van der Waals surface area contributed by atoms with E-state index in [9.17, 15) is 4.79 Å². The number of amides is 1.